The number of carbonyl (C=O) groups excluding carboxylic acids is 2. The third-order valence-corrected chi connectivity index (χ3v) is 6.46. The SMILES string of the molecule is COCCNS(=O)(=O)c1cccc(C(=O)NCc2cccc(N3CCCCC3=O)c2)c1. The molecule has 1 aliphatic heterocycles. The first-order chi connectivity index (χ1) is 14.9. The summed E-state index contributed by atoms with van der Waals surface area (Å²) in [5.41, 5.74) is 1.93. The normalized spacial score (nSPS) is 14.5. The van der Waals surface area contributed by atoms with Crippen LogP contribution in [0.5, 0.6) is 0 Å². The van der Waals surface area contributed by atoms with Crippen molar-refractivity contribution in [3.8, 4) is 0 Å². The molecule has 1 fully saturated rings. The Labute approximate surface area is 182 Å². The van der Waals surface area contributed by atoms with Crippen molar-refractivity contribution in [3.63, 3.8) is 0 Å². The topological polar surface area (TPSA) is 105 Å². The number of rotatable bonds is 9. The first-order valence-electron chi connectivity index (χ1n) is 10.2. The van der Waals surface area contributed by atoms with Gasteiger partial charge in [-0.3, -0.25) is 9.59 Å². The van der Waals surface area contributed by atoms with Gasteiger partial charge < -0.3 is 15.0 Å². The van der Waals surface area contributed by atoms with E-state index in [1.807, 2.05) is 24.3 Å². The minimum absolute atomic E-state index is 0.0156. The van der Waals surface area contributed by atoms with E-state index in [9.17, 15) is 18.0 Å². The molecule has 9 heteroatoms. The summed E-state index contributed by atoms with van der Waals surface area (Å²) in [6, 6.07) is 13.4. The molecular weight excluding hydrogens is 418 g/mol. The lowest BCUT2D eigenvalue weighted by atomic mass is 10.1. The number of anilines is 1. The average Bonchev–Trinajstić information content (AvgIpc) is 2.78. The van der Waals surface area contributed by atoms with Gasteiger partial charge in [0.1, 0.15) is 0 Å². The van der Waals surface area contributed by atoms with Gasteiger partial charge in [-0.2, -0.15) is 0 Å². The zero-order valence-corrected chi connectivity index (χ0v) is 18.3. The van der Waals surface area contributed by atoms with Crippen LogP contribution in [0.15, 0.2) is 53.4 Å². The van der Waals surface area contributed by atoms with E-state index in [0.29, 0.717) is 13.0 Å². The predicted octanol–water partition coefficient (Wildman–Crippen LogP) is 2.06. The Morgan fingerprint density at radius 3 is 2.71 bits per heavy atom. The van der Waals surface area contributed by atoms with Crippen molar-refractivity contribution in [3.05, 3.63) is 59.7 Å². The standard InChI is InChI=1S/C22H27N3O5S/c1-30-13-11-24-31(28,29)20-9-5-7-18(15-20)22(27)23-16-17-6-4-8-19(14-17)25-12-3-2-10-21(25)26/h4-9,14-15,24H,2-3,10-13,16H2,1H3,(H,23,27). The number of carbonyl (C=O) groups is 2. The van der Waals surface area contributed by atoms with Crippen LogP contribution in [0.2, 0.25) is 0 Å². The van der Waals surface area contributed by atoms with Gasteiger partial charge in [-0.25, -0.2) is 13.1 Å². The maximum absolute atomic E-state index is 12.6. The quantitative estimate of drug-likeness (QED) is 0.575. The summed E-state index contributed by atoms with van der Waals surface area (Å²) >= 11 is 0. The highest BCUT2D eigenvalue weighted by Crippen LogP contribution is 2.22. The number of hydrogen-bond donors (Lipinski definition) is 2. The monoisotopic (exact) mass is 445 g/mol. The van der Waals surface area contributed by atoms with E-state index in [2.05, 4.69) is 10.0 Å². The number of benzene rings is 2. The summed E-state index contributed by atoms with van der Waals surface area (Å²) in [5, 5.41) is 2.81. The van der Waals surface area contributed by atoms with Gasteiger partial charge in [0.2, 0.25) is 15.9 Å². The van der Waals surface area contributed by atoms with Gasteiger partial charge in [0.25, 0.3) is 5.91 Å². The van der Waals surface area contributed by atoms with Crippen molar-refractivity contribution >= 4 is 27.5 Å². The van der Waals surface area contributed by atoms with E-state index < -0.39 is 10.0 Å². The van der Waals surface area contributed by atoms with E-state index in [1.54, 1.807) is 11.0 Å². The van der Waals surface area contributed by atoms with Crippen molar-refractivity contribution in [2.45, 2.75) is 30.7 Å². The van der Waals surface area contributed by atoms with Crippen molar-refractivity contribution in [2.24, 2.45) is 0 Å². The molecule has 2 amide bonds. The highest BCUT2D eigenvalue weighted by molar-refractivity contribution is 7.89. The van der Waals surface area contributed by atoms with E-state index >= 15 is 0 Å². The lowest BCUT2D eigenvalue weighted by molar-refractivity contribution is -0.119. The molecule has 0 radical (unpaired) electrons. The number of hydrogen-bond acceptors (Lipinski definition) is 5. The number of nitrogens with one attached hydrogen (secondary N) is 2. The first kappa shape index (κ1) is 22.9. The van der Waals surface area contributed by atoms with Crippen LogP contribution in [0.4, 0.5) is 5.69 Å². The largest absolute Gasteiger partial charge is 0.383 e. The molecule has 1 aliphatic rings. The van der Waals surface area contributed by atoms with Crippen LogP contribution in [0.1, 0.15) is 35.2 Å². The molecule has 2 aromatic rings. The minimum Gasteiger partial charge on any atom is -0.383 e. The molecule has 3 rings (SSSR count). The van der Waals surface area contributed by atoms with Crippen LogP contribution in [-0.4, -0.2) is 47.0 Å². The van der Waals surface area contributed by atoms with E-state index in [-0.39, 0.29) is 42.0 Å². The molecule has 8 nitrogen and oxygen atoms in total. The van der Waals surface area contributed by atoms with Gasteiger partial charge in [0.15, 0.2) is 0 Å². The van der Waals surface area contributed by atoms with Gasteiger partial charge in [0.05, 0.1) is 11.5 Å². The zero-order valence-electron chi connectivity index (χ0n) is 17.5. The molecule has 166 valence electrons. The third kappa shape index (κ3) is 6.13. The third-order valence-electron chi connectivity index (χ3n) is 5.00. The molecule has 1 saturated heterocycles. The van der Waals surface area contributed by atoms with Crippen molar-refractivity contribution in [1.29, 1.82) is 0 Å². The van der Waals surface area contributed by atoms with Crippen molar-refractivity contribution < 1.29 is 22.7 Å². The van der Waals surface area contributed by atoms with Gasteiger partial charge in [-0.15, -0.1) is 0 Å². The summed E-state index contributed by atoms with van der Waals surface area (Å²) in [4.78, 5) is 26.5. The molecule has 0 unspecified atom stereocenters. The maximum atomic E-state index is 12.6. The minimum atomic E-state index is -3.73. The molecule has 0 aliphatic carbocycles. The number of ether oxygens (including phenoxy) is 1. The molecule has 0 spiro atoms. The number of methoxy groups -OCH3 is 1. The molecule has 0 aromatic heterocycles. The Kier molecular flexibility index (Phi) is 7.78. The Morgan fingerprint density at radius 2 is 1.94 bits per heavy atom. The second-order valence-electron chi connectivity index (χ2n) is 7.27. The predicted molar refractivity (Wildman–Crippen MR) is 117 cm³/mol. The molecule has 2 N–H and O–H groups in total. The number of nitrogens with zero attached hydrogens (tertiary/aromatic N) is 1. The van der Waals surface area contributed by atoms with Crippen molar-refractivity contribution in [2.75, 3.05) is 31.7 Å². The summed E-state index contributed by atoms with van der Waals surface area (Å²) in [5.74, 6) is -0.266. The van der Waals surface area contributed by atoms with E-state index in [4.69, 9.17) is 4.74 Å². The van der Waals surface area contributed by atoms with Gasteiger partial charge in [0, 0.05) is 44.4 Å². The second kappa shape index (κ2) is 10.5. The number of piperidine rings is 1. The average molecular weight is 446 g/mol. The summed E-state index contributed by atoms with van der Waals surface area (Å²) < 4.78 is 32.0. The van der Waals surface area contributed by atoms with Crippen LogP contribution in [0, 0.1) is 0 Å². The van der Waals surface area contributed by atoms with Gasteiger partial charge in [-0.05, 0) is 48.7 Å². The lowest BCUT2D eigenvalue weighted by Gasteiger charge is -2.27. The summed E-state index contributed by atoms with van der Waals surface area (Å²) in [6.07, 6.45) is 2.45. The van der Waals surface area contributed by atoms with Crippen LogP contribution in [0.25, 0.3) is 0 Å². The molecular formula is C22H27N3O5S. The Hall–Kier alpha value is -2.75. The lowest BCUT2D eigenvalue weighted by Crippen LogP contribution is -2.35. The molecule has 0 bridgehead atoms. The van der Waals surface area contributed by atoms with Crippen LogP contribution in [0.3, 0.4) is 0 Å². The van der Waals surface area contributed by atoms with Crippen molar-refractivity contribution in [1.82, 2.24) is 10.0 Å². The molecule has 0 saturated carbocycles. The number of amides is 2. The highest BCUT2D eigenvalue weighted by Gasteiger charge is 2.20. The Balaban J connectivity index is 1.65. The van der Waals surface area contributed by atoms with Crippen LogP contribution >= 0.6 is 0 Å². The second-order valence-corrected chi connectivity index (χ2v) is 9.04. The van der Waals surface area contributed by atoms with Crippen LogP contribution in [-0.2, 0) is 26.1 Å². The molecule has 1 heterocycles. The van der Waals surface area contributed by atoms with E-state index in [1.165, 1.54) is 25.3 Å². The summed E-state index contributed by atoms with van der Waals surface area (Å²) in [7, 11) is -2.24. The zero-order chi connectivity index (χ0) is 22.3. The van der Waals surface area contributed by atoms with Gasteiger partial charge in [-0.1, -0.05) is 18.2 Å². The fraction of sp³-hybridized carbons (Fsp3) is 0.364. The van der Waals surface area contributed by atoms with Crippen LogP contribution < -0.4 is 14.9 Å². The highest BCUT2D eigenvalue weighted by atomic mass is 32.2. The summed E-state index contributed by atoms with van der Waals surface area (Å²) in [6.45, 7) is 1.36. The van der Waals surface area contributed by atoms with Gasteiger partial charge >= 0.3 is 0 Å². The Bertz CT molecular complexity index is 1040. The fourth-order valence-corrected chi connectivity index (χ4v) is 4.42. The fourth-order valence-electron chi connectivity index (χ4n) is 3.36. The van der Waals surface area contributed by atoms with E-state index in [0.717, 1.165) is 24.1 Å². The number of sulfonamides is 1. The molecule has 31 heavy (non-hydrogen) atoms. The maximum Gasteiger partial charge on any atom is 0.251 e. The molecule has 0 atom stereocenters. The molecule has 2 aromatic carbocycles. The smallest absolute Gasteiger partial charge is 0.251 e. The Morgan fingerprint density at radius 1 is 1.13 bits per heavy atom. The first-order valence-corrected chi connectivity index (χ1v) is 11.7.